The van der Waals surface area contributed by atoms with Gasteiger partial charge in [-0.15, -0.1) is 11.3 Å². The molecule has 1 atom stereocenters. The van der Waals surface area contributed by atoms with Crippen molar-refractivity contribution in [1.29, 1.82) is 0 Å². The number of rotatable bonds is 4. The number of aryl methyl sites for hydroxylation is 2. The number of thiazole rings is 1. The number of hydrogen-bond donors (Lipinski definition) is 2. The van der Waals surface area contributed by atoms with Gasteiger partial charge in [0.15, 0.2) is 0 Å². The Kier molecular flexibility index (Phi) is 3.41. The zero-order valence-corrected chi connectivity index (χ0v) is 10.7. The molecule has 4 heteroatoms. The zero-order chi connectivity index (χ0) is 11.5. The van der Waals surface area contributed by atoms with Crippen LogP contribution in [0.3, 0.4) is 0 Å². The van der Waals surface area contributed by atoms with Gasteiger partial charge in [0.05, 0.1) is 10.7 Å². The van der Waals surface area contributed by atoms with Crippen molar-refractivity contribution in [2.45, 2.75) is 33.4 Å². The highest BCUT2D eigenvalue weighted by Gasteiger charge is 2.12. The summed E-state index contributed by atoms with van der Waals surface area (Å²) in [5, 5.41) is 4.65. The second-order valence-electron chi connectivity index (χ2n) is 4.00. The number of hydrogen-bond acceptors (Lipinski definition) is 3. The summed E-state index contributed by atoms with van der Waals surface area (Å²) in [6.45, 7) is 7.21. The van der Waals surface area contributed by atoms with Crippen LogP contribution in [0.25, 0.3) is 0 Å². The summed E-state index contributed by atoms with van der Waals surface area (Å²) in [6, 6.07) is 2.45. The standard InChI is InChI=1S/C12H17N3S/c1-8(12-9(2)15-10(3)16-12)14-7-11-4-5-13-6-11/h4-6,8,13-14H,7H2,1-3H3. The molecule has 0 fully saturated rings. The van der Waals surface area contributed by atoms with Crippen molar-refractivity contribution in [2.75, 3.05) is 0 Å². The van der Waals surface area contributed by atoms with Gasteiger partial charge < -0.3 is 10.3 Å². The molecule has 0 aromatic carbocycles. The van der Waals surface area contributed by atoms with E-state index in [4.69, 9.17) is 0 Å². The highest BCUT2D eigenvalue weighted by molar-refractivity contribution is 7.11. The first kappa shape index (κ1) is 11.4. The fourth-order valence-electron chi connectivity index (χ4n) is 1.78. The molecule has 2 aromatic heterocycles. The third-order valence-corrected chi connectivity index (χ3v) is 3.86. The predicted octanol–water partition coefficient (Wildman–Crippen LogP) is 2.94. The molecule has 0 aliphatic heterocycles. The summed E-state index contributed by atoms with van der Waals surface area (Å²) in [5.41, 5.74) is 2.43. The van der Waals surface area contributed by atoms with E-state index in [1.54, 1.807) is 11.3 Å². The maximum absolute atomic E-state index is 4.45. The maximum atomic E-state index is 4.45. The minimum Gasteiger partial charge on any atom is -0.367 e. The van der Waals surface area contributed by atoms with E-state index in [1.807, 2.05) is 12.4 Å². The Bertz CT molecular complexity index is 445. The topological polar surface area (TPSA) is 40.7 Å². The molecule has 2 N–H and O–H groups in total. The summed E-state index contributed by atoms with van der Waals surface area (Å²) in [5.74, 6) is 0. The molecule has 3 nitrogen and oxygen atoms in total. The summed E-state index contributed by atoms with van der Waals surface area (Å²) >= 11 is 1.78. The van der Waals surface area contributed by atoms with Crippen LogP contribution in [0.4, 0.5) is 0 Å². The molecule has 0 amide bonds. The minimum atomic E-state index is 0.362. The zero-order valence-electron chi connectivity index (χ0n) is 9.87. The average molecular weight is 235 g/mol. The van der Waals surface area contributed by atoms with Crippen molar-refractivity contribution in [3.63, 3.8) is 0 Å². The highest BCUT2D eigenvalue weighted by Crippen LogP contribution is 2.24. The van der Waals surface area contributed by atoms with E-state index in [0.29, 0.717) is 6.04 Å². The predicted molar refractivity (Wildman–Crippen MR) is 67.6 cm³/mol. The second kappa shape index (κ2) is 4.80. The lowest BCUT2D eigenvalue weighted by Crippen LogP contribution is -2.17. The van der Waals surface area contributed by atoms with Crippen LogP contribution in [0, 0.1) is 13.8 Å². The lowest BCUT2D eigenvalue weighted by Gasteiger charge is -2.11. The monoisotopic (exact) mass is 235 g/mol. The number of H-pyrrole nitrogens is 1. The van der Waals surface area contributed by atoms with Crippen LogP contribution in [0.1, 0.15) is 34.1 Å². The van der Waals surface area contributed by atoms with Crippen LogP contribution < -0.4 is 5.32 Å². The molecular weight excluding hydrogens is 218 g/mol. The Balaban J connectivity index is 1.98. The molecule has 16 heavy (non-hydrogen) atoms. The van der Waals surface area contributed by atoms with Crippen molar-refractivity contribution in [3.05, 3.63) is 39.6 Å². The number of nitrogens with zero attached hydrogens (tertiary/aromatic N) is 1. The maximum Gasteiger partial charge on any atom is 0.0900 e. The van der Waals surface area contributed by atoms with E-state index in [9.17, 15) is 0 Å². The van der Waals surface area contributed by atoms with E-state index in [0.717, 1.165) is 17.2 Å². The smallest absolute Gasteiger partial charge is 0.0900 e. The molecule has 2 rings (SSSR count). The van der Waals surface area contributed by atoms with Gasteiger partial charge in [-0.05, 0) is 32.4 Å². The Morgan fingerprint density at radius 2 is 2.31 bits per heavy atom. The van der Waals surface area contributed by atoms with Gasteiger partial charge in [-0.1, -0.05) is 0 Å². The summed E-state index contributed by atoms with van der Waals surface area (Å²) in [7, 11) is 0. The lowest BCUT2D eigenvalue weighted by molar-refractivity contribution is 0.580. The molecule has 0 spiro atoms. The fourth-order valence-corrected chi connectivity index (χ4v) is 2.74. The Morgan fingerprint density at radius 3 is 2.88 bits per heavy atom. The van der Waals surface area contributed by atoms with Gasteiger partial charge in [0.1, 0.15) is 0 Å². The van der Waals surface area contributed by atoms with E-state index < -0.39 is 0 Å². The first-order valence-electron chi connectivity index (χ1n) is 5.46. The average Bonchev–Trinajstić information content (AvgIpc) is 2.84. The van der Waals surface area contributed by atoms with Crippen molar-refractivity contribution in [2.24, 2.45) is 0 Å². The largest absolute Gasteiger partial charge is 0.367 e. The Labute approximate surface area is 99.9 Å². The number of aromatic nitrogens is 2. The van der Waals surface area contributed by atoms with Crippen LogP contribution in [0.2, 0.25) is 0 Å². The van der Waals surface area contributed by atoms with E-state index in [2.05, 4.69) is 42.1 Å². The summed E-state index contributed by atoms with van der Waals surface area (Å²) in [6.07, 6.45) is 3.97. The first-order chi connectivity index (χ1) is 7.66. The molecule has 2 heterocycles. The van der Waals surface area contributed by atoms with E-state index >= 15 is 0 Å². The second-order valence-corrected chi connectivity index (χ2v) is 5.24. The first-order valence-corrected chi connectivity index (χ1v) is 6.27. The molecule has 0 saturated carbocycles. The van der Waals surface area contributed by atoms with Gasteiger partial charge in [-0.3, -0.25) is 0 Å². The van der Waals surface area contributed by atoms with Gasteiger partial charge in [0.25, 0.3) is 0 Å². The molecule has 2 aromatic rings. The minimum absolute atomic E-state index is 0.362. The van der Waals surface area contributed by atoms with Gasteiger partial charge in [-0.25, -0.2) is 4.98 Å². The van der Waals surface area contributed by atoms with Gasteiger partial charge >= 0.3 is 0 Å². The molecular formula is C12H17N3S. The van der Waals surface area contributed by atoms with Crippen LogP contribution in [-0.2, 0) is 6.54 Å². The quantitative estimate of drug-likeness (QED) is 0.855. The number of aromatic amines is 1. The fraction of sp³-hybridized carbons (Fsp3) is 0.417. The third kappa shape index (κ3) is 2.51. The van der Waals surface area contributed by atoms with E-state index in [1.165, 1.54) is 10.4 Å². The van der Waals surface area contributed by atoms with Crippen LogP contribution >= 0.6 is 11.3 Å². The molecule has 0 bridgehead atoms. The van der Waals surface area contributed by atoms with Crippen LogP contribution in [0.15, 0.2) is 18.5 Å². The van der Waals surface area contributed by atoms with Gasteiger partial charge in [0.2, 0.25) is 0 Å². The van der Waals surface area contributed by atoms with Crippen molar-refractivity contribution in [1.82, 2.24) is 15.3 Å². The summed E-state index contributed by atoms with van der Waals surface area (Å²) in [4.78, 5) is 8.85. The van der Waals surface area contributed by atoms with Gasteiger partial charge in [0, 0.05) is 29.9 Å². The third-order valence-electron chi connectivity index (χ3n) is 2.61. The highest BCUT2D eigenvalue weighted by atomic mass is 32.1. The molecule has 0 radical (unpaired) electrons. The van der Waals surface area contributed by atoms with Crippen molar-refractivity contribution >= 4 is 11.3 Å². The normalized spacial score (nSPS) is 12.9. The SMILES string of the molecule is Cc1nc(C)c(C(C)NCc2cc[nH]c2)s1. The number of nitrogens with one attached hydrogen (secondary N) is 2. The molecule has 1 unspecified atom stereocenters. The Hall–Kier alpha value is -1.13. The van der Waals surface area contributed by atoms with Crippen LogP contribution in [0.5, 0.6) is 0 Å². The van der Waals surface area contributed by atoms with Crippen molar-refractivity contribution < 1.29 is 0 Å². The van der Waals surface area contributed by atoms with E-state index in [-0.39, 0.29) is 0 Å². The summed E-state index contributed by atoms with van der Waals surface area (Å²) < 4.78 is 0. The molecule has 0 aliphatic rings. The lowest BCUT2D eigenvalue weighted by atomic mass is 10.2. The van der Waals surface area contributed by atoms with Gasteiger partial charge in [-0.2, -0.15) is 0 Å². The van der Waals surface area contributed by atoms with Crippen molar-refractivity contribution in [3.8, 4) is 0 Å². The molecule has 0 saturated heterocycles. The molecule has 0 aliphatic carbocycles. The Morgan fingerprint density at radius 1 is 1.50 bits per heavy atom. The molecule has 86 valence electrons. The van der Waals surface area contributed by atoms with Crippen LogP contribution in [-0.4, -0.2) is 9.97 Å².